The van der Waals surface area contributed by atoms with Crippen LogP contribution in [0.2, 0.25) is 5.02 Å². The van der Waals surface area contributed by atoms with Crippen molar-refractivity contribution in [1.82, 2.24) is 29.5 Å². The molecule has 4 aromatic rings. The maximum atomic E-state index is 13.6. The van der Waals surface area contributed by atoms with Crippen molar-refractivity contribution in [2.45, 2.75) is 38.6 Å². The van der Waals surface area contributed by atoms with Gasteiger partial charge in [0.2, 0.25) is 0 Å². The molecule has 1 fully saturated rings. The topological polar surface area (TPSA) is 72.1 Å². The molecule has 0 amide bonds. The third-order valence-electron chi connectivity index (χ3n) is 5.96. The van der Waals surface area contributed by atoms with E-state index in [1.165, 1.54) is 31.3 Å². The largest absolute Gasteiger partial charge is 0.350 e. The molecule has 1 saturated carbocycles. The van der Waals surface area contributed by atoms with Crippen LogP contribution in [-0.4, -0.2) is 36.1 Å². The Labute approximate surface area is 183 Å². The third kappa shape index (κ3) is 3.13. The molecule has 0 saturated heterocycles. The second-order valence-corrected chi connectivity index (χ2v) is 8.53. The lowest BCUT2D eigenvalue weighted by Gasteiger charge is -2.29. The normalized spacial score (nSPS) is 16.0. The summed E-state index contributed by atoms with van der Waals surface area (Å²) in [6, 6.07) is 4.33. The molecule has 2 aliphatic rings. The van der Waals surface area contributed by atoms with E-state index >= 15 is 0 Å². The fraction of sp³-hybridized carbons (Fsp3) is 0.318. The molecule has 0 bridgehead atoms. The van der Waals surface area contributed by atoms with Crippen molar-refractivity contribution in [3.63, 3.8) is 0 Å². The van der Waals surface area contributed by atoms with Crippen molar-refractivity contribution in [1.29, 1.82) is 0 Å². The highest BCUT2D eigenvalue weighted by atomic mass is 35.5. The highest BCUT2D eigenvalue weighted by Gasteiger charge is 2.29. The van der Waals surface area contributed by atoms with E-state index in [0.717, 1.165) is 41.4 Å². The maximum Gasteiger partial charge on any atom is 0.159 e. The summed E-state index contributed by atoms with van der Waals surface area (Å²) in [5, 5.41) is 4.69. The van der Waals surface area contributed by atoms with Gasteiger partial charge in [0.15, 0.2) is 5.82 Å². The maximum absolute atomic E-state index is 13.6. The van der Waals surface area contributed by atoms with Crippen LogP contribution in [-0.2, 0) is 13.0 Å². The van der Waals surface area contributed by atoms with Gasteiger partial charge in [-0.2, -0.15) is 5.10 Å². The zero-order valence-corrected chi connectivity index (χ0v) is 17.6. The van der Waals surface area contributed by atoms with Crippen LogP contribution in [0, 0.1) is 12.7 Å². The molecule has 156 valence electrons. The first kappa shape index (κ1) is 18.6. The average Bonchev–Trinajstić information content (AvgIpc) is 3.57. The molecule has 0 unspecified atom stereocenters. The zero-order valence-electron chi connectivity index (χ0n) is 16.9. The van der Waals surface area contributed by atoms with Gasteiger partial charge >= 0.3 is 0 Å². The van der Waals surface area contributed by atoms with E-state index in [2.05, 4.69) is 20.0 Å². The van der Waals surface area contributed by atoms with Gasteiger partial charge < -0.3 is 4.90 Å². The van der Waals surface area contributed by atoms with Crippen molar-refractivity contribution in [3.8, 4) is 11.3 Å². The molecule has 0 atom stereocenters. The van der Waals surface area contributed by atoms with Crippen molar-refractivity contribution in [2.75, 3.05) is 11.4 Å². The number of imidazole rings is 1. The number of nitrogens with zero attached hydrogens (tertiary/aromatic N) is 7. The SMILES string of the molecule is Cc1nc(-c2ccc(F)cc2Cl)c2c(N3CCc4nc(C5CC5)ncc4C3)ncnn12. The van der Waals surface area contributed by atoms with Crippen LogP contribution in [0.25, 0.3) is 16.8 Å². The van der Waals surface area contributed by atoms with E-state index in [-0.39, 0.29) is 5.82 Å². The zero-order chi connectivity index (χ0) is 21.1. The quantitative estimate of drug-likeness (QED) is 0.482. The number of aromatic nitrogens is 6. The first-order chi connectivity index (χ1) is 15.1. The monoisotopic (exact) mass is 435 g/mol. The summed E-state index contributed by atoms with van der Waals surface area (Å²) < 4.78 is 15.4. The molecule has 1 aliphatic heterocycles. The lowest BCUT2D eigenvalue weighted by atomic mass is 10.1. The summed E-state index contributed by atoms with van der Waals surface area (Å²) in [5.41, 5.74) is 4.30. The smallest absolute Gasteiger partial charge is 0.159 e. The molecule has 0 spiro atoms. The van der Waals surface area contributed by atoms with Crippen LogP contribution in [0.4, 0.5) is 10.2 Å². The Morgan fingerprint density at radius 2 is 2.03 bits per heavy atom. The number of hydrogen-bond donors (Lipinski definition) is 0. The van der Waals surface area contributed by atoms with Crippen molar-refractivity contribution in [2.24, 2.45) is 0 Å². The van der Waals surface area contributed by atoms with E-state index in [9.17, 15) is 4.39 Å². The van der Waals surface area contributed by atoms with Crippen molar-refractivity contribution < 1.29 is 4.39 Å². The minimum Gasteiger partial charge on any atom is -0.350 e. The van der Waals surface area contributed by atoms with Crippen molar-refractivity contribution in [3.05, 3.63) is 64.5 Å². The Hall–Kier alpha value is -3.13. The number of hydrogen-bond acceptors (Lipinski definition) is 6. The summed E-state index contributed by atoms with van der Waals surface area (Å²) in [4.78, 5) is 20.9. The molecule has 1 aliphatic carbocycles. The Morgan fingerprint density at radius 1 is 1.16 bits per heavy atom. The van der Waals surface area contributed by atoms with Gasteiger partial charge in [-0.05, 0) is 38.0 Å². The van der Waals surface area contributed by atoms with Crippen LogP contribution in [0.1, 0.15) is 41.7 Å². The molecule has 3 aromatic heterocycles. The predicted octanol–water partition coefficient (Wildman–Crippen LogP) is 4.12. The summed E-state index contributed by atoms with van der Waals surface area (Å²) in [6.45, 7) is 3.32. The Kier molecular flexibility index (Phi) is 4.17. The fourth-order valence-corrected chi connectivity index (χ4v) is 4.47. The van der Waals surface area contributed by atoms with Crippen LogP contribution in [0.15, 0.2) is 30.7 Å². The minimum atomic E-state index is -0.385. The number of aryl methyl sites for hydroxylation is 1. The second-order valence-electron chi connectivity index (χ2n) is 8.12. The number of benzene rings is 1. The number of anilines is 1. The standard InChI is InChI=1S/C22H19ClFN7/c1-12-28-19(16-5-4-15(24)8-17(16)23)20-22(26-11-27-31(12)20)30-7-6-18-14(10-30)9-25-21(29-18)13-2-3-13/h4-5,8-9,11,13H,2-3,6-7,10H2,1H3. The van der Waals surface area contributed by atoms with Gasteiger partial charge in [0, 0.05) is 42.8 Å². The molecule has 7 nitrogen and oxygen atoms in total. The molecular weight excluding hydrogens is 417 g/mol. The molecule has 1 aromatic carbocycles. The van der Waals surface area contributed by atoms with Gasteiger partial charge in [-0.3, -0.25) is 0 Å². The highest BCUT2D eigenvalue weighted by molar-refractivity contribution is 6.33. The van der Waals surface area contributed by atoms with Gasteiger partial charge in [-0.1, -0.05) is 11.6 Å². The highest BCUT2D eigenvalue weighted by Crippen LogP contribution is 2.39. The number of rotatable bonds is 3. The van der Waals surface area contributed by atoms with Crippen LogP contribution in [0.3, 0.4) is 0 Å². The predicted molar refractivity (Wildman–Crippen MR) is 115 cm³/mol. The number of halogens is 2. The third-order valence-corrected chi connectivity index (χ3v) is 6.27. The van der Waals surface area contributed by atoms with Gasteiger partial charge in [0.05, 0.1) is 10.7 Å². The molecular formula is C22H19ClFN7. The second kappa shape index (κ2) is 6.95. The van der Waals surface area contributed by atoms with Gasteiger partial charge in [0.25, 0.3) is 0 Å². The lowest BCUT2D eigenvalue weighted by molar-refractivity contribution is 0.628. The fourth-order valence-electron chi connectivity index (χ4n) is 4.21. The summed E-state index contributed by atoms with van der Waals surface area (Å²) in [7, 11) is 0. The molecule has 9 heteroatoms. The van der Waals surface area contributed by atoms with E-state index in [1.807, 2.05) is 13.1 Å². The first-order valence-corrected chi connectivity index (χ1v) is 10.7. The summed E-state index contributed by atoms with van der Waals surface area (Å²) in [5.74, 6) is 2.62. The van der Waals surface area contributed by atoms with Crippen LogP contribution < -0.4 is 4.90 Å². The van der Waals surface area contributed by atoms with E-state index in [4.69, 9.17) is 21.6 Å². The Bertz CT molecular complexity index is 1330. The van der Waals surface area contributed by atoms with Crippen LogP contribution >= 0.6 is 11.6 Å². The molecule has 31 heavy (non-hydrogen) atoms. The van der Waals surface area contributed by atoms with Gasteiger partial charge in [-0.15, -0.1) is 0 Å². The minimum absolute atomic E-state index is 0.305. The van der Waals surface area contributed by atoms with E-state index in [1.54, 1.807) is 10.6 Å². The van der Waals surface area contributed by atoms with E-state index < -0.39 is 0 Å². The molecule has 6 rings (SSSR count). The molecule has 4 heterocycles. The Morgan fingerprint density at radius 3 is 2.84 bits per heavy atom. The van der Waals surface area contributed by atoms with Crippen LogP contribution in [0.5, 0.6) is 0 Å². The average molecular weight is 436 g/mol. The first-order valence-electron chi connectivity index (χ1n) is 10.3. The molecule has 0 radical (unpaired) electrons. The van der Waals surface area contributed by atoms with Crippen molar-refractivity contribution >= 4 is 22.9 Å². The van der Waals surface area contributed by atoms with E-state index in [0.29, 0.717) is 34.6 Å². The van der Waals surface area contributed by atoms with Gasteiger partial charge in [-0.25, -0.2) is 28.8 Å². The summed E-state index contributed by atoms with van der Waals surface area (Å²) in [6.07, 6.45) is 6.71. The Balaban J connectivity index is 1.44. The number of fused-ring (bicyclic) bond motifs is 2. The molecule has 0 N–H and O–H groups in total. The summed E-state index contributed by atoms with van der Waals surface area (Å²) >= 11 is 6.36. The lowest BCUT2D eigenvalue weighted by Crippen LogP contribution is -2.32. The van der Waals surface area contributed by atoms with Gasteiger partial charge in [0.1, 0.15) is 35.0 Å².